The predicted molar refractivity (Wildman–Crippen MR) is 95.3 cm³/mol. The molecule has 0 bridgehead atoms. The van der Waals surface area contributed by atoms with E-state index in [4.69, 9.17) is 21.1 Å². The van der Waals surface area contributed by atoms with Gasteiger partial charge in [-0.05, 0) is 42.0 Å². The molecule has 2 aromatic carbocycles. The molecule has 2 N–H and O–H groups in total. The summed E-state index contributed by atoms with van der Waals surface area (Å²) in [6, 6.07) is 13.9. The zero-order valence-corrected chi connectivity index (χ0v) is 14.2. The van der Waals surface area contributed by atoms with E-state index in [1.54, 1.807) is 61.7 Å². The van der Waals surface area contributed by atoms with Gasteiger partial charge in [0.1, 0.15) is 11.5 Å². The van der Waals surface area contributed by atoms with Crippen molar-refractivity contribution < 1.29 is 19.1 Å². The maximum Gasteiger partial charge on any atom is 0.276 e. The molecule has 2 rings (SSSR count). The van der Waals surface area contributed by atoms with E-state index in [2.05, 4.69) is 10.9 Å². The Hall–Kier alpha value is -2.99. The molecule has 0 spiro atoms. The van der Waals surface area contributed by atoms with Crippen LogP contribution in [0.5, 0.6) is 11.5 Å². The number of carbonyl (C=O) groups is 2. The summed E-state index contributed by atoms with van der Waals surface area (Å²) in [5.41, 5.74) is 5.35. The average molecular weight is 361 g/mol. The van der Waals surface area contributed by atoms with Gasteiger partial charge in [-0.25, -0.2) is 0 Å². The van der Waals surface area contributed by atoms with E-state index in [0.717, 1.165) is 11.3 Å². The first-order valence-corrected chi connectivity index (χ1v) is 7.74. The topological polar surface area (TPSA) is 76.7 Å². The molecule has 0 aromatic heterocycles. The second-order valence-electron chi connectivity index (χ2n) is 4.89. The molecular formula is C18H17ClN2O4. The third kappa shape index (κ3) is 6.56. The lowest BCUT2D eigenvalue weighted by Crippen LogP contribution is -2.43. The van der Waals surface area contributed by atoms with Crippen LogP contribution in [-0.4, -0.2) is 25.5 Å². The molecule has 7 heteroatoms. The minimum absolute atomic E-state index is 0.247. The minimum Gasteiger partial charge on any atom is -0.497 e. The number of nitrogens with one attached hydrogen (secondary N) is 2. The van der Waals surface area contributed by atoms with Gasteiger partial charge in [0, 0.05) is 11.1 Å². The van der Waals surface area contributed by atoms with E-state index >= 15 is 0 Å². The molecule has 0 fully saturated rings. The smallest absolute Gasteiger partial charge is 0.276 e. The largest absolute Gasteiger partial charge is 0.497 e. The third-order valence-corrected chi connectivity index (χ3v) is 3.27. The molecule has 0 saturated heterocycles. The zero-order valence-electron chi connectivity index (χ0n) is 13.5. The lowest BCUT2D eigenvalue weighted by atomic mass is 10.2. The summed E-state index contributed by atoms with van der Waals surface area (Å²) in [6.07, 6.45) is 2.92. The Balaban J connectivity index is 1.73. The molecule has 0 aliphatic heterocycles. The average Bonchev–Trinajstić information content (AvgIpc) is 2.63. The number of halogens is 1. The van der Waals surface area contributed by atoms with Crippen molar-refractivity contribution in [3.63, 3.8) is 0 Å². The molecule has 0 aliphatic carbocycles. The van der Waals surface area contributed by atoms with Crippen LogP contribution in [0.4, 0.5) is 0 Å². The number of rotatable bonds is 6. The molecule has 0 radical (unpaired) electrons. The van der Waals surface area contributed by atoms with Gasteiger partial charge in [-0.1, -0.05) is 29.8 Å². The summed E-state index contributed by atoms with van der Waals surface area (Å²) in [7, 11) is 1.58. The molecule has 0 saturated carbocycles. The van der Waals surface area contributed by atoms with Crippen LogP contribution >= 0.6 is 11.6 Å². The Bertz CT molecular complexity index is 760. The number of hydrogen-bond donors (Lipinski definition) is 2. The van der Waals surface area contributed by atoms with Gasteiger partial charge >= 0.3 is 0 Å². The third-order valence-electron chi connectivity index (χ3n) is 3.03. The van der Waals surface area contributed by atoms with Crippen molar-refractivity contribution in [2.75, 3.05) is 13.7 Å². The number of hydrazine groups is 1. The highest BCUT2D eigenvalue weighted by Crippen LogP contribution is 2.16. The lowest BCUT2D eigenvalue weighted by molar-refractivity contribution is -0.128. The monoisotopic (exact) mass is 360 g/mol. The number of ether oxygens (including phenoxy) is 2. The van der Waals surface area contributed by atoms with E-state index in [9.17, 15) is 9.59 Å². The lowest BCUT2D eigenvalue weighted by Gasteiger charge is -2.07. The Labute approximate surface area is 150 Å². The number of methoxy groups -OCH3 is 1. The van der Waals surface area contributed by atoms with Crippen LogP contribution in [0.25, 0.3) is 6.08 Å². The van der Waals surface area contributed by atoms with Crippen LogP contribution in [0.15, 0.2) is 54.6 Å². The summed E-state index contributed by atoms with van der Waals surface area (Å²) in [6.45, 7) is -0.247. The quantitative estimate of drug-likeness (QED) is 0.613. The summed E-state index contributed by atoms with van der Waals surface area (Å²) >= 11 is 5.81. The van der Waals surface area contributed by atoms with Gasteiger partial charge in [-0.15, -0.1) is 0 Å². The van der Waals surface area contributed by atoms with Crippen molar-refractivity contribution in [2.24, 2.45) is 0 Å². The molecule has 2 aromatic rings. The maximum absolute atomic E-state index is 11.7. The Morgan fingerprint density at radius 3 is 2.52 bits per heavy atom. The van der Waals surface area contributed by atoms with E-state index < -0.39 is 11.8 Å². The van der Waals surface area contributed by atoms with Gasteiger partial charge in [-0.2, -0.15) is 0 Å². The van der Waals surface area contributed by atoms with Crippen LogP contribution in [0.2, 0.25) is 5.02 Å². The van der Waals surface area contributed by atoms with E-state index in [1.165, 1.54) is 6.08 Å². The first-order chi connectivity index (χ1) is 12.1. The molecule has 0 atom stereocenters. The first kappa shape index (κ1) is 18.4. The molecule has 25 heavy (non-hydrogen) atoms. The van der Waals surface area contributed by atoms with E-state index in [1.807, 2.05) is 0 Å². The summed E-state index contributed by atoms with van der Waals surface area (Å²) in [5, 5.41) is 0.509. The fourth-order valence-electron chi connectivity index (χ4n) is 1.80. The highest BCUT2D eigenvalue weighted by molar-refractivity contribution is 6.30. The van der Waals surface area contributed by atoms with Gasteiger partial charge in [0.05, 0.1) is 7.11 Å². The molecule has 0 unspecified atom stereocenters. The Morgan fingerprint density at radius 2 is 1.84 bits per heavy atom. The standard InChI is InChI=1S/C18H17ClN2O4/c1-24-15-8-5-13(6-9-15)7-10-17(22)20-21-18(23)12-25-16-4-2-3-14(19)11-16/h2-11H,12H2,1H3,(H,20,22)(H,21,23)/b10-7+. The molecule has 130 valence electrons. The van der Waals surface area contributed by atoms with Crippen molar-refractivity contribution in [1.82, 2.24) is 10.9 Å². The van der Waals surface area contributed by atoms with Gasteiger partial charge in [0.2, 0.25) is 0 Å². The predicted octanol–water partition coefficient (Wildman–Crippen LogP) is 2.59. The van der Waals surface area contributed by atoms with Crippen molar-refractivity contribution in [2.45, 2.75) is 0 Å². The second kappa shape index (κ2) is 9.34. The van der Waals surface area contributed by atoms with Crippen molar-refractivity contribution >= 4 is 29.5 Å². The number of carbonyl (C=O) groups excluding carboxylic acids is 2. The van der Waals surface area contributed by atoms with Crippen LogP contribution in [0.3, 0.4) is 0 Å². The van der Waals surface area contributed by atoms with Crippen LogP contribution in [-0.2, 0) is 9.59 Å². The molecule has 0 aliphatic rings. The van der Waals surface area contributed by atoms with Gasteiger partial charge < -0.3 is 9.47 Å². The summed E-state index contributed by atoms with van der Waals surface area (Å²) in [4.78, 5) is 23.3. The number of benzene rings is 2. The van der Waals surface area contributed by atoms with Gasteiger partial charge in [0.15, 0.2) is 6.61 Å². The fourth-order valence-corrected chi connectivity index (χ4v) is 1.98. The fraction of sp³-hybridized carbons (Fsp3) is 0.111. The minimum atomic E-state index is -0.494. The Morgan fingerprint density at radius 1 is 1.08 bits per heavy atom. The SMILES string of the molecule is COc1ccc(/C=C/C(=O)NNC(=O)COc2cccc(Cl)c2)cc1. The van der Waals surface area contributed by atoms with Crippen LogP contribution < -0.4 is 20.3 Å². The highest BCUT2D eigenvalue weighted by Gasteiger charge is 2.04. The van der Waals surface area contributed by atoms with Crippen molar-refractivity contribution in [3.05, 3.63) is 65.2 Å². The summed E-state index contributed by atoms with van der Waals surface area (Å²) < 4.78 is 10.3. The van der Waals surface area contributed by atoms with Crippen molar-refractivity contribution in [1.29, 1.82) is 0 Å². The van der Waals surface area contributed by atoms with Crippen LogP contribution in [0.1, 0.15) is 5.56 Å². The second-order valence-corrected chi connectivity index (χ2v) is 5.33. The normalized spacial score (nSPS) is 10.3. The number of hydrogen-bond acceptors (Lipinski definition) is 4. The van der Waals surface area contributed by atoms with E-state index in [0.29, 0.717) is 10.8 Å². The molecule has 6 nitrogen and oxygen atoms in total. The molecule has 0 heterocycles. The van der Waals surface area contributed by atoms with Crippen LogP contribution in [0, 0.1) is 0 Å². The Kier molecular flexibility index (Phi) is 6.86. The molecule has 2 amide bonds. The zero-order chi connectivity index (χ0) is 18.1. The van der Waals surface area contributed by atoms with Crippen molar-refractivity contribution in [3.8, 4) is 11.5 Å². The number of amides is 2. The summed E-state index contributed by atoms with van der Waals surface area (Å²) in [5.74, 6) is 0.236. The first-order valence-electron chi connectivity index (χ1n) is 7.36. The van der Waals surface area contributed by atoms with E-state index in [-0.39, 0.29) is 6.61 Å². The van der Waals surface area contributed by atoms with Gasteiger partial charge in [-0.3, -0.25) is 20.4 Å². The highest BCUT2D eigenvalue weighted by atomic mass is 35.5. The maximum atomic E-state index is 11.7. The molecular weight excluding hydrogens is 344 g/mol. The van der Waals surface area contributed by atoms with Gasteiger partial charge in [0.25, 0.3) is 11.8 Å².